The number of halogens is 4. The zero-order chi connectivity index (χ0) is 9.94. The maximum Gasteiger partial charge on any atom is 0.491 e. The molecule has 0 heterocycles. The number of ether oxygens (including phenoxy) is 1. The number of carbonyl (C=O) groups excluding carboxylic acids is 2. The molecule has 0 aliphatic carbocycles. The molecule has 70 valence electrons. The summed E-state index contributed by atoms with van der Waals surface area (Å²) in [6.45, 7) is 0.659. The van der Waals surface area contributed by atoms with Crippen LogP contribution >= 0.6 is 0 Å². The Balaban J connectivity index is 4.12. The fourth-order valence-electron chi connectivity index (χ4n) is 0.230. The van der Waals surface area contributed by atoms with Gasteiger partial charge in [-0.3, -0.25) is 0 Å². The van der Waals surface area contributed by atoms with Gasteiger partial charge in [0.15, 0.2) is 6.17 Å². The van der Waals surface area contributed by atoms with E-state index in [-0.39, 0.29) is 0 Å². The molecular weight excluding hydrogens is 184 g/mol. The first kappa shape index (κ1) is 10.9. The van der Waals surface area contributed by atoms with Crippen molar-refractivity contribution in [3.8, 4) is 0 Å². The van der Waals surface area contributed by atoms with Gasteiger partial charge in [0, 0.05) is 0 Å². The predicted molar refractivity (Wildman–Crippen MR) is 27.7 cm³/mol. The number of alkyl halides is 4. The van der Waals surface area contributed by atoms with E-state index >= 15 is 0 Å². The molecule has 0 radical (unpaired) electrons. The molecular formula is C5H4F4O3. The van der Waals surface area contributed by atoms with E-state index in [1.165, 1.54) is 0 Å². The van der Waals surface area contributed by atoms with Crippen LogP contribution in [0.5, 0.6) is 0 Å². The number of esters is 2. The molecule has 0 N–H and O–H groups in total. The van der Waals surface area contributed by atoms with E-state index < -0.39 is 24.3 Å². The van der Waals surface area contributed by atoms with Crippen LogP contribution in [0.1, 0.15) is 6.92 Å². The van der Waals surface area contributed by atoms with Gasteiger partial charge in [-0.05, 0) is 6.92 Å². The molecule has 0 aromatic rings. The summed E-state index contributed by atoms with van der Waals surface area (Å²) in [5.74, 6) is -4.56. The van der Waals surface area contributed by atoms with Gasteiger partial charge in [-0.15, -0.1) is 0 Å². The Labute approximate surface area is 64.3 Å². The van der Waals surface area contributed by atoms with Crippen molar-refractivity contribution in [1.82, 2.24) is 0 Å². The van der Waals surface area contributed by atoms with Crippen LogP contribution in [0.15, 0.2) is 0 Å². The number of hydrogen-bond donors (Lipinski definition) is 0. The van der Waals surface area contributed by atoms with Gasteiger partial charge in [-0.25, -0.2) is 14.0 Å². The fourth-order valence-corrected chi connectivity index (χ4v) is 0.230. The van der Waals surface area contributed by atoms with Gasteiger partial charge in [0.2, 0.25) is 0 Å². The summed E-state index contributed by atoms with van der Waals surface area (Å²) in [6.07, 6.45) is -7.53. The summed E-state index contributed by atoms with van der Waals surface area (Å²) in [7, 11) is 0. The summed E-state index contributed by atoms with van der Waals surface area (Å²) in [4.78, 5) is 19.9. The molecule has 0 aliphatic rings. The van der Waals surface area contributed by atoms with Gasteiger partial charge in [-0.1, -0.05) is 0 Å². The second-order valence-electron chi connectivity index (χ2n) is 1.82. The monoisotopic (exact) mass is 188 g/mol. The first-order valence-corrected chi connectivity index (χ1v) is 2.72. The molecule has 0 amide bonds. The van der Waals surface area contributed by atoms with Crippen molar-refractivity contribution in [2.45, 2.75) is 19.3 Å². The van der Waals surface area contributed by atoms with Gasteiger partial charge >= 0.3 is 18.1 Å². The van der Waals surface area contributed by atoms with Crippen LogP contribution in [-0.4, -0.2) is 24.3 Å². The second-order valence-corrected chi connectivity index (χ2v) is 1.82. The van der Waals surface area contributed by atoms with E-state index in [2.05, 4.69) is 4.74 Å². The van der Waals surface area contributed by atoms with E-state index in [4.69, 9.17) is 0 Å². The van der Waals surface area contributed by atoms with Crippen molar-refractivity contribution < 1.29 is 31.9 Å². The average molecular weight is 188 g/mol. The molecule has 0 fully saturated rings. The lowest BCUT2D eigenvalue weighted by atomic mass is 10.4. The Bertz CT molecular complexity index is 195. The van der Waals surface area contributed by atoms with Crippen LogP contribution in [0.3, 0.4) is 0 Å². The number of hydrogen-bond acceptors (Lipinski definition) is 3. The lowest BCUT2D eigenvalue weighted by molar-refractivity contribution is -0.203. The molecule has 0 rings (SSSR count). The molecule has 7 heteroatoms. The maximum atomic E-state index is 11.8. The SMILES string of the molecule is CC(F)C(=O)OC(=O)C(F)(F)F. The van der Waals surface area contributed by atoms with Crippen molar-refractivity contribution in [2.75, 3.05) is 0 Å². The molecule has 0 saturated heterocycles. The van der Waals surface area contributed by atoms with E-state index in [9.17, 15) is 27.2 Å². The first-order valence-electron chi connectivity index (χ1n) is 2.72. The quantitative estimate of drug-likeness (QED) is 0.350. The molecule has 1 atom stereocenters. The molecule has 12 heavy (non-hydrogen) atoms. The molecule has 0 bridgehead atoms. The lowest BCUT2D eigenvalue weighted by Gasteiger charge is -2.05. The summed E-state index contributed by atoms with van der Waals surface area (Å²) in [5.41, 5.74) is 0. The van der Waals surface area contributed by atoms with Crippen LogP contribution in [0.25, 0.3) is 0 Å². The van der Waals surface area contributed by atoms with E-state index in [0.717, 1.165) is 0 Å². The molecule has 0 aromatic heterocycles. The minimum atomic E-state index is -5.27. The van der Waals surface area contributed by atoms with Crippen molar-refractivity contribution in [3.05, 3.63) is 0 Å². The van der Waals surface area contributed by atoms with Crippen LogP contribution in [0.4, 0.5) is 17.6 Å². The Hall–Kier alpha value is -1.14. The van der Waals surface area contributed by atoms with E-state index in [1.807, 2.05) is 0 Å². The highest BCUT2D eigenvalue weighted by Gasteiger charge is 2.43. The van der Waals surface area contributed by atoms with Crippen molar-refractivity contribution >= 4 is 11.9 Å². The average Bonchev–Trinajstić information content (AvgIpc) is 1.85. The van der Waals surface area contributed by atoms with Crippen molar-refractivity contribution in [1.29, 1.82) is 0 Å². The van der Waals surface area contributed by atoms with Crippen LogP contribution in [-0.2, 0) is 14.3 Å². The Kier molecular flexibility index (Phi) is 3.17. The number of rotatable bonds is 1. The van der Waals surface area contributed by atoms with Gasteiger partial charge in [0.1, 0.15) is 0 Å². The molecule has 0 aromatic carbocycles. The third-order valence-electron chi connectivity index (χ3n) is 0.750. The molecule has 1 unspecified atom stereocenters. The third kappa shape index (κ3) is 3.31. The Morgan fingerprint density at radius 3 is 2.00 bits per heavy atom. The number of carbonyl (C=O) groups is 2. The first-order chi connectivity index (χ1) is 5.25. The second kappa shape index (κ2) is 3.51. The largest absolute Gasteiger partial charge is 0.491 e. The Morgan fingerprint density at radius 1 is 1.33 bits per heavy atom. The highest BCUT2D eigenvalue weighted by Crippen LogP contribution is 2.16. The summed E-state index contributed by atoms with van der Waals surface area (Å²) in [6, 6.07) is 0. The molecule has 0 saturated carbocycles. The topological polar surface area (TPSA) is 43.4 Å². The maximum absolute atomic E-state index is 11.8. The van der Waals surface area contributed by atoms with Gasteiger partial charge < -0.3 is 4.74 Å². The van der Waals surface area contributed by atoms with Gasteiger partial charge in [0.25, 0.3) is 0 Å². The normalized spacial score (nSPS) is 13.8. The van der Waals surface area contributed by atoms with Crippen LogP contribution in [0, 0.1) is 0 Å². The van der Waals surface area contributed by atoms with Crippen LogP contribution < -0.4 is 0 Å². The minimum absolute atomic E-state index is 0.659. The highest BCUT2D eigenvalue weighted by molar-refractivity contribution is 5.90. The third-order valence-corrected chi connectivity index (χ3v) is 0.750. The summed E-state index contributed by atoms with van der Waals surface area (Å²) in [5, 5.41) is 0. The van der Waals surface area contributed by atoms with Crippen molar-refractivity contribution in [2.24, 2.45) is 0 Å². The van der Waals surface area contributed by atoms with Crippen LogP contribution in [0.2, 0.25) is 0 Å². The van der Waals surface area contributed by atoms with E-state index in [1.54, 1.807) is 0 Å². The lowest BCUT2D eigenvalue weighted by Crippen LogP contribution is -2.30. The summed E-state index contributed by atoms with van der Waals surface area (Å²) >= 11 is 0. The molecule has 0 spiro atoms. The van der Waals surface area contributed by atoms with Crippen molar-refractivity contribution in [3.63, 3.8) is 0 Å². The predicted octanol–water partition coefficient (Wildman–Crippen LogP) is 0.977. The molecule has 0 aliphatic heterocycles. The highest BCUT2D eigenvalue weighted by atomic mass is 19.4. The van der Waals surface area contributed by atoms with Gasteiger partial charge in [-0.2, -0.15) is 13.2 Å². The Morgan fingerprint density at radius 2 is 1.75 bits per heavy atom. The smallest absolute Gasteiger partial charge is 0.384 e. The van der Waals surface area contributed by atoms with Gasteiger partial charge in [0.05, 0.1) is 0 Å². The standard InChI is InChI=1S/C5H4F4O3/c1-2(6)3(10)12-4(11)5(7,8)9/h2H,1H3. The zero-order valence-electron chi connectivity index (χ0n) is 5.81. The fraction of sp³-hybridized carbons (Fsp3) is 0.600. The summed E-state index contributed by atoms with van der Waals surface area (Å²) < 4.78 is 48.9. The van der Waals surface area contributed by atoms with E-state index in [0.29, 0.717) is 6.92 Å². The molecule has 3 nitrogen and oxygen atoms in total. The zero-order valence-corrected chi connectivity index (χ0v) is 5.81. The minimum Gasteiger partial charge on any atom is -0.384 e.